The van der Waals surface area contributed by atoms with Crippen LogP contribution in [0.25, 0.3) is 0 Å². The summed E-state index contributed by atoms with van der Waals surface area (Å²) < 4.78 is 28.6. The Balaban J connectivity index is 1.42. The van der Waals surface area contributed by atoms with Gasteiger partial charge in [-0.1, -0.05) is 18.2 Å². The molecule has 0 radical (unpaired) electrons. The number of hydrogen-bond donors (Lipinski definition) is 0. The first-order valence-electron chi connectivity index (χ1n) is 9.83. The quantitative estimate of drug-likeness (QED) is 0.692. The van der Waals surface area contributed by atoms with E-state index in [1.807, 2.05) is 35.7 Å². The summed E-state index contributed by atoms with van der Waals surface area (Å²) in [6, 6.07) is 13.5. The van der Waals surface area contributed by atoms with Crippen LogP contribution in [0.1, 0.15) is 36.8 Å². The highest BCUT2D eigenvalue weighted by Crippen LogP contribution is 2.35. The largest absolute Gasteiger partial charge is 0.299 e. The normalized spacial score (nSPS) is 19.0. The van der Waals surface area contributed by atoms with Crippen LogP contribution in [0.5, 0.6) is 0 Å². The number of sulfonamides is 1. The van der Waals surface area contributed by atoms with E-state index in [4.69, 9.17) is 5.26 Å². The van der Waals surface area contributed by atoms with Crippen LogP contribution < -0.4 is 0 Å². The van der Waals surface area contributed by atoms with Gasteiger partial charge in [0.25, 0.3) is 10.0 Å². The fourth-order valence-electron chi connectivity index (χ4n) is 3.89. The number of nitrogens with zero attached hydrogens (tertiary/aromatic N) is 3. The summed E-state index contributed by atoms with van der Waals surface area (Å²) in [5.41, 5.74) is 1.82. The Labute approximate surface area is 171 Å². The van der Waals surface area contributed by atoms with Gasteiger partial charge in [0.1, 0.15) is 4.21 Å². The van der Waals surface area contributed by atoms with Crippen molar-refractivity contribution in [2.24, 2.45) is 5.92 Å². The zero-order chi connectivity index (χ0) is 19.6. The maximum Gasteiger partial charge on any atom is 0.252 e. The van der Waals surface area contributed by atoms with Crippen molar-refractivity contribution in [1.29, 1.82) is 5.26 Å². The van der Waals surface area contributed by atoms with Gasteiger partial charge in [-0.15, -0.1) is 11.3 Å². The van der Waals surface area contributed by atoms with E-state index in [2.05, 4.69) is 11.0 Å². The van der Waals surface area contributed by atoms with Gasteiger partial charge in [0.15, 0.2) is 0 Å². The Morgan fingerprint density at radius 1 is 1.14 bits per heavy atom. The lowest BCUT2D eigenvalue weighted by atomic mass is 10.0. The zero-order valence-corrected chi connectivity index (χ0v) is 17.5. The molecular weight excluding hydrogens is 390 g/mol. The maximum atomic E-state index is 13.2. The zero-order valence-electron chi connectivity index (χ0n) is 15.8. The molecule has 2 heterocycles. The molecule has 0 bridgehead atoms. The van der Waals surface area contributed by atoms with E-state index in [-0.39, 0.29) is 6.04 Å². The molecule has 7 heteroatoms. The van der Waals surface area contributed by atoms with Gasteiger partial charge >= 0.3 is 0 Å². The number of hydrogen-bond acceptors (Lipinski definition) is 5. The number of likely N-dealkylation sites (tertiary alicyclic amines) is 1. The standard InChI is InChI=1S/C21H25N3O2S2/c22-14-18-3-1-4-19(13-18)15-23-10-8-20(9-11-23)24(16-17-6-7-17)28(25,26)21-5-2-12-27-21/h1-5,12-13,17,20H,6-11,15-16H2. The van der Waals surface area contributed by atoms with Crippen LogP contribution in [0.2, 0.25) is 0 Å². The lowest BCUT2D eigenvalue weighted by molar-refractivity contribution is 0.151. The third-order valence-corrected chi connectivity index (χ3v) is 8.91. The van der Waals surface area contributed by atoms with Crippen molar-refractivity contribution in [3.8, 4) is 6.07 Å². The molecule has 1 aliphatic heterocycles. The minimum atomic E-state index is -3.40. The van der Waals surface area contributed by atoms with Gasteiger partial charge < -0.3 is 0 Å². The molecule has 1 aliphatic carbocycles. The van der Waals surface area contributed by atoms with Crippen LogP contribution in [0.15, 0.2) is 46.0 Å². The Kier molecular flexibility index (Phi) is 5.83. The highest BCUT2D eigenvalue weighted by atomic mass is 32.2. The minimum absolute atomic E-state index is 0.0781. The molecule has 1 aromatic heterocycles. The average Bonchev–Trinajstić information content (AvgIpc) is 3.35. The van der Waals surface area contributed by atoms with Crippen LogP contribution in [0, 0.1) is 17.2 Å². The Bertz CT molecular complexity index is 938. The molecule has 148 valence electrons. The van der Waals surface area contributed by atoms with Crippen molar-refractivity contribution < 1.29 is 8.42 Å². The molecule has 1 aromatic carbocycles. The van der Waals surface area contributed by atoms with Gasteiger partial charge in [0.05, 0.1) is 11.6 Å². The van der Waals surface area contributed by atoms with Gasteiger partial charge in [0.2, 0.25) is 0 Å². The smallest absolute Gasteiger partial charge is 0.252 e. The number of benzene rings is 1. The maximum absolute atomic E-state index is 13.2. The van der Waals surface area contributed by atoms with Gasteiger partial charge in [-0.05, 0) is 60.7 Å². The number of piperidine rings is 1. The van der Waals surface area contributed by atoms with Crippen LogP contribution in [0.3, 0.4) is 0 Å². The molecule has 5 nitrogen and oxygen atoms in total. The van der Waals surface area contributed by atoms with E-state index in [9.17, 15) is 8.42 Å². The predicted molar refractivity (Wildman–Crippen MR) is 110 cm³/mol. The van der Waals surface area contributed by atoms with E-state index in [1.54, 1.807) is 10.4 Å². The molecule has 1 saturated heterocycles. The third-order valence-electron chi connectivity index (χ3n) is 5.62. The fraction of sp³-hybridized carbons (Fsp3) is 0.476. The van der Waals surface area contributed by atoms with Gasteiger partial charge in [-0.25, -0.2) is 8.42 Å². The van der Waals surface area contributed by atoms with Crippen molar-refractivity contribution in [3.05, 3.63) is 52.9 Å². The SMILES string of the molecule is N#Cc1cccc(CN2CCC(N(CC3CC3)S(=O)(=O)c3cccs3)CC2)c1. The highest BCUT2D eigenvalue weighted by Gasteiger charge is 2.38. The lowest BCUT2D eigenvalue weighted by Crippen LogP contribution is -2.47. The van der Waals surface area contributed by atoms with E-state index < -0.39 is 10.0 Å². The monoisotopic (exact) mass is 415 g/mol. The topological polar surface area (TPSA) is 64.4 Å². The second-order valence-corrected chi connectivity index (χ2v) is 10.8. The first-order chi connectivity index (χ1) is 13.6. The summed E-state index contributed by atoms with van der Waals surface area (Å²) in [7, 11) is -3.40. The summed E-state index contributed by atoms with van der Waals surface area (Å²) in [6.45, 7) is 3.23. The van der Waals surface area contributed by atoms with Crippen LogP contribution in [0.4, 0.5) is 0 Å². The predicted octanol–water partition coefficient (Wildman–Crippen LogP) is 3.69. The summed E-state index contributed by atoms with van der Waals surface area (Å²) in [4.78, 5) is 2.36. The molecule has 2 aliphatic rings. The van der Waals surface area contributed by atoms with E-state index >= 15 is 0 Å². The summed E-state index contributed by atoms with van der Waals surface area (Å²) >= 11 is 1.31. The average molecular weight is 416 g/mol. The number of thiophene rings is 1. The minimum Gasteiger partial charge on any atom is -0.299 e. The van der Waals surface area contributed by atoms with Crippen molar-refractivity contribution in [1.82, 2.24) is 9.21 Å². The van der Waals surface area contributed by atoms with Crippen molar-refractivity contribution >= 4 is 21.4 Å². The second kappa shape index (κ2) is 8.34. The van der Waals surface area contributed by atoms with Gasteiger partial charge in [-0.3, -0.25) is 4.90 Å². The van der Waals surface area contributed by atoms with Crippen LogP contribution in [-0.4, -0.2) is 43.3 Å². The first-order valence-corrected chi connectivity index (χ1v) is 12.1. The lowest BCUT2D eigenvalue weighted by Gasteiger charge is -2.37. The second-order valence-electron chi connectivity index (χ2n) is 7.77. The van der Waals surface area contributed by atoms with Crippen molar-refractivity contribution in [2.75, 3.05) is 19.6 Å². The van der Waals surface area contributed by atoms with E-state index in [0.717, 1.165) is 50.9 Å². The molecule has 1 saturated carbocycles. The Morgan fingerprint density at radius 3 is 2.57 bits per heavy atom. The molecule has 0 N–H and O–H groups in total. The van der Waals surface area contributed by atoms with E-state index in [1.165, 1.54) is 11.3 Å². The van der Waals surface area contributed by atoms with Gasteiger partial charge in [-0.2, -0.15) is 9.57 Å². The van der Waals surface area contributed by atoms with Crippen molar-refractivity contribution in [2.45, 2.75) is 42.5 Å². The molecule has 0 unspecified atom stereocenters. The molecule has 0 spiro atoms. The van der Waals surface area contributed by atoms with Crippen molar-refractivity contribution in [3.63, 3.8) is 0 Å². The first kappa shape index (κ1) is 19.6. The Hall–Kier alpha value is -1.72. The number of rotatable bonds is 7. The molecule has 0 amide bonds. The Morgan fingerprint density at radius 2 is 1.93 bits per heavy atom. The number of nitriles is 1. The van der Waals surface area contributed by atoms with Gasteiger partial charge in [0, 0.05) is 32.2 Å². The van der Waals surface area contributed by atoms with Crippen LogP contribution in [-0.2, 0) is 16.6 Å². The van der Waals surface area contributed by atoms with Crippen LogP contribution >= 0.6 is 11.3 Å². The molecular formula is C21H25N3O2S2. The molecule has 4 rings (SSSR count). The molecule has 0 atom stereocenters. The molecule has 28 heavy (non-hydrogen) atoms. The fourth-order valence-corrected chi connectivity index (χ4v) is 6.77. The summed E-state index contributed by atoms with van der Waals surface area (Å²) in [6.07, 6.45) is 4.00. The highest BCUT2D eigenvalue weighted by molar-refractivity contribution is 7.91. The summed E-state index contributed by atoms with van der Waals surface area (Å²) in [5, 5.41) is 10.9. The van der Waals surface area contributed by atoms with E-state index in [0.29, 0.717) is 22.2 Å². The molecule has 2 fully saturated rings. The summed E-state index contributed by atoms with van der Waals surface area (Å²) in [5.74, 6) is 0.529. The third kappa shape index (κ3) is 4.47. The molecule has 2 aromatic rings.